The number of nitrogens with zero attached hydrogens (tertiary/aromatic N) is 6. The van der Waals surface area contributed by atoms with Crippen LogP contribution in [-0.4, -0.2) is 40.8 Å². The standard InChI is InChI=1S/C17H21N7OS/c1-10-15(11(2)22(3)20-10)13-7-14(23(4)21-13)16(25)18-8-12-9-24-5-6-26-17(24)19-12/h7,9H,5-6,8H2,1-4H3,(H,18,25). The lowest BCUT2D eigenvalue weighted by atomic mass is 10.1. The van der Waals surface area contributed by atoms with E-state index in [9.17, 15) is 4.79 Å². The summed E-state index contributed by atoms with van der Waals surface area (Å²) in [6.45, 7) is 5.34. The largest absolute Gasteiger partial charge is 0.345 e. The summed E-state index contributed by atoms with van der Waals surface area (Å²) in [6, 6.07) is 1.81. The van der Waals surface area contributed by atoms with E-state index in [-0.39, 0.29) is 5.91 Å². The number of aryl methyl sites for hydroxylation is 4. The van der Waals surface area contributed by atoms with Crippen LogP contribution in [-0.2, 0) is 27.2 Å². The van der Waals surface area contributed by atoms with Gasteiger partial charge in [-0.15, -0.1) is 0 Å². The van der Waals surface area contributed by atoms with Gasteiger partial charge in [-0.3, -0.25) is 14.2 Å². The molecule has 0 bridgehead atoms. The minimum absolute atomic E-state index is 0.161. The molecule has 3 aromatic rings. The quantitative estimate of drug-likeness (QED) is 0.754. The van der Waals surface area contributed by atoms with Crippen LogP contribution in [0.4, 0.5) is 0 Å². The molecule has 3 aromatic heterocycles. The highest BCUT2D eigenvalue weighted by Gasteiger charge is 2.20. The van der Waals surface area contributed by atoms with Gasteiger partial charge in [0.15, 0.2) is 5.16 Å². The summed E-state index contributed by atoms with van der Waals surface area (Å²) in [5, 5.41) is 12.9. The predicted octanol–water partition coefficient (Wildman–Crippen LogP) is 1.67. The molecule has 0 atom stereocenters. The molecule has 0 saturated heterocycles. The second-order valence-electron chi connectivity index (χ2n) is 6.45. The molecule has 1 aliphatic rings. The molecule has 0 aromatic carbocycles. The number of carbonyl (C=O) groups is 1. The van der Waals surface area contributed by atoms with E-state index in [1.54, 1.807) is 23.5 Å². The Hall–Kier alpha value is -2.55. The Balaban J connectivity index is 1.52. The summed E-state index contributed by atoms with van der Waals surface area (Å²) >= 11 is 1.74. The van der Waals surface area contributed by atoms with Gasteiger partial charge in [0.25, 0.3) is 5.91 Å². The number of nitrogens with one attached hydrogen (secondary N) is 1. The van der Waals surface area contributed by atoms with Crippen molar-refractivity contribution in [3.8, 4) is 11.3 Å². The number of rotatable bonds is 4. The molecule has 8 nitrogen and oxygen atoms in total. The zero-order chi connectivity index (χ0) is 18.4. The lowest BCUT2D eigenvalue weighted by Gasteiger charge is -2.03. The Morgan fingerprint density at radius 1 is 1.27 bits per heavy atom. The maximum atomic E-state index is 12.6. The summed E-state index contributed by atoms with van der Waals surface area (Å²) in [6.07, 6.45) is 2.01. The molecule has 26 heavy (non-hydrogen) atoms. The number of amides is 1. The van der Waals surface area contributed by atoms with Gasteiger partial charge >= 0.3 is 0 Å². The Kier molecular flexibility index (Phi) is 4.10. The van der Waals surface area contributed by atoms with Crippen molar-refractivity contribution in [2.45, 2.75) is 32.1 Å². The molecule has 0 unspecified atom stereocenters. The van der Waals surface area contributed by atoms with Crippen LogP contribution in [0.25, 0.3) is 11.3 Å². The molecule has 0 radical (unpaired) electrons. The van der Waals surface area contributed by atoms with E-state index in [0.717, 1.165) is 45.8 Å². The second-order valence-corrected chi connectivity index (χ2v) is 7.51. The molecule has 136 valence electrons. The van der Waals surface area contributed by atoms with Crippen molar-refractivity contribution in [1.29, 1.82) is 0 Å². The van der Waals surface area contributed by atoms with Gasteiger partial charge in [0.05, 0.1) is 23.6 Å². The van der Waals surface area contributed by atoms with Gasteiger partial charge in [0.1, 0.15) is 5.69 Å². The lowest BCUT2D eigenvalue weighted by Crippen LogP contribution is -2.25. The first-order valence-electron chi connectivity index (χ1n) is 8.45. The molecular formula is C17H21N7OS. The number of fused-ring (bicyclic) bond motifs is 1. The van der Waals surface area contributed by atoms with Gasteiger partial charge in [0.2, 0.25) is 0 Å². The molecule has 9 heteroatoms. The number of carbonyl (C=O) groups excluding carboxylic acids is 1. The van der Waals surface area contributed by atoms with Gasteiger partial charge in [-0.05, 0) is 19.9 Å². The van der Waals surface area contributed by atoms with E-state index in [1.165, 1.54) is 0 Å². The van der Waals surface area contributed by atoms with Crippen LogP contribution >= 0.6 is 11.8 Å². The van der Waals surface area contributed by atoms with Crippen LogP contribution < -0.4 is 5.32 Å². The number of thioether (sulfide) groups is 1. The van der Waals surface area contributed by atoms with E-state index < -0.39 is 0 Å². The molecule has 1 N–H and O–H groups in total. The third-order valence-electron chi connectivity index (χ3n) is 4.66. The zero-order valence-electron chi connectivity index (χ0n) is 15.3. The van der Waals surface area contributed by atoms with Crippen molar-refractivity contribution in [2.75, 3.05) is 5.75 Å². The first-order chi connectivity index (χ1) is 12.4. The summed E-state index contributed by atoms with van der Waals surface area (Å²) in [4.78, 5) is 17.1. The smallest absolute Gasteiger partial charge is 0.269 e. The van der Waals surface area contributed by atoms with Crippen molar-refractivity contribution >= 4 is 17.7 Å². The third kappa shape index (κ3) is 2.82. The normalized spacial score (nSPS) is 13.2. The molecule has 4 heterocycles. The zero-order valence-corrected chi connectivity index (χ0v) is 16.1. The van der Waals surface area contributed by atoms with Gasteiger partial charge in [-0.25, -0.2) is 4.98 Å². The highest BCUT2D eigenvalue weighted by molar-refractivity contribution is 7.99. The Bertz CT molecular complexity index is 976. The first kappa shape index (κ1) is 16.9. The molecule has 4 rings (SSSR count). The number of hydrogen-bond donors (Lipinski definition) is 1. The van der Waals surface area contributed by atoms with Crippen molar-refractivity contribution in [2.24, 2.45) is 14.1 Å². The molecular weight excluding hydrogens is 350 g/mol. The van der Waals surface area contributed by atoms with Crippen LogP contribution in [0.3, 0.4) is 0 Å². The Labute approximate surface area is 155 Å². The van der Waals surface area contributed by atoms with Gasteiger partial charge in [0, 0.05) is 43.8 Å². The highest BCUT2D eigenvalue weighted by atomic mass is 32.2. The van der Waals surface area contributed by atoms with Crippen molar-refractivity contribution < 1.29 is 4.79 Å². The van der Waals surface area contributed by atoms with E-state index in [4.69, 9.17) is 0 Å². The summed E-state index contributed by atoms with van der Waals surface area (Å²) in [5.74, 6) is 0.909. The van der Waals surface area contributed by atoms with Crippen LogP contribution in [0.2, 0.25) is 0 Å². The fourth-order valence-corrected chi connectivity index (χ4v) is 4.22. The van der Waals surface area contributed by atoms with Crippen LogP contribution in [0, 0.1) is 13.8 Å². The third-order valence-corrected chi connectivity index (χ3v) is 5.63. The average molecular weight is 371 g/mol. The number of imidazole rings is 1. The SMILES string of the molecule is Cc1nn(C)c(C)c1-c1cc(C(=O)NCc2cn3c(n2)SCC3)n(C)n1. The Morgan fingerprint density at radius 2 is 2.08 bits per heavy atom. The Morgan fingerprint density at radius 3 is 2.77 bits per heavy atom. The fourth-order valence-electron chi connectivity index (χ4n) is 3.25. The van der Waals surface area contributed by atoms with Crippen molar-refractivity contribution in [3.63, 3.8) is 0 Å². The number of aromatic nitrogens is 6. The lowest BCUT2D eigenvalue weighted by molar-refractivity contribution is 0.0941. The predicted molar refractivity (Wildman–Crippen MR) is 99.0 cm³/mol. The number of hydrogen-bond acceptors (Lipinski definition) is 5. The highest BCUT2D eigenvalue weighted by Crippen LogP contribution is 2.26. The van der Waals surface area contributed by atoms with E-state index >= 15 is 0 Å². The maximum Gasteiger partial charge on any atom is 0.269 e. The summed E-state index contributed by atoms with van der Waals surface area (Å²) < 4.78 is 5.57. The summed E-state index contributed by atoms with van der Waals surface area (Å²) in [5.41, 5.74) is 5.06. The van der Waals surface area contributed by atoms with Crippen LogP contribution in [0.5, 0.6) is 0 Å². The molecule has 1 aliphatic heterocycles. The first-order valence-corrected chi connectivity index (χ1v) is 9.44. The monoisotopic (exact) mass is 371 g/mol. The van der Waals surface area contributed by atoms with Gasteiger partial charge in [-0.1, -0.05) is 11.8 Å². The molecule has 0 saturated carbocycles. The average Bonchev–Trinajstić information content (AvgIpc) is 3.30. The fraction of sp³-hybridized carbons (Fsp3) is 0.412. The summed E-state index contributed by atoms with van der Waals surface area (Å²) in [7, 11) is 3.68. The molecule has 0 aliphatic carbocycles. The minimum atomic E-state index is -0.161. The van der Waals surface area contributed by atoms with Gasteiger partial charge < -0.3 is 9.88 Å². The van der Waals surface area contributed by atoms with Crippen molar-refractivity contribution in [3.05, 3.63) is 35.0 Å². The minimum Gasteiger partial charge on any atom is -0.345 e. The molecule has 0 spiro atoms. The maximum absolute atomic E-state index is 12.6. The van der Waals surface area contributed by atoms with E-state index in [2.05, 4.69) is 25.1 Å². The second kappa shape index (κ2) is 6.31. The van der Waals surface area contributed by atoms with Crippen LogP contribution in [0.1, 0.15) is 27.6 Å². The van der Waals surface area contributed by atoms with E-state index in [0.29, 0.717) is 12.2 Å². The van der Waals surface area contributed by atoms with Crippen molar-refractivity contribution in [1.82, 2.24) is 34.4 Å². The molecule has 0 fully saturated rings. The van der Waals surface area contributed by atoms with Gasteiger partial charge in [-0.2, -0.15) is 10.2 Å². The molecule has 1 amide bonds. The van der Waals surface area contributed by atoms with Crippen LogP contribution in [0.15, 0.2) is 17.4 Å². The topological polar surface area (TPSA) is 82.6 Å². The van der Waals surface area contributed by atoms with E-state index in [1.807, 2.05) is 37.8 Å².